The third-order valence-electron chi connectivity index (χ3n) is 4.02. The molecule has 0 saturated carbocycles. The second-order valence-corrected chi connectivity index (χ2v) is 6.16. The van der Waals surface area contributed by atoms with Crippen molar-refractivity contribution in [2.45, 2.75) is 26.4 Å². The molecule has 5 heteroatoms. The molecule has 0 bridgehead atoms. The van der Waals surface area contributed by atoms with Crippen molar-refractivity contribution in [2.75, 3.05) is 6.61 Å². The summed E-state index contributed by atoms with van der Waals surface area (Å²) in [6.07, 6.45) is 6.41. The number of aromatic nitrogens is 1. The molecule has 2 aromatic carbocycles. The molecule has 1 aromatic heterocycles. The monoisotopic (exact) mass is 377 g/mol. The van der Waals surface area contributed by atoms with Gasteiger partial charge in [-0.15, -0.1) is 0 Å². The number of benzene rings is 2. The van der Waals surface area contributed by atoms with Gasteiger partial charge in [-0.3, -0.25) is 4.79 Å². The molecular weight excluding hydrogens is 354 g/mol. The first-order valence-corrected chi connectivity index (χ1v) is 9.28. The van der Waals surface area contributed by atoms with E-state index in [-0.39, 0.29) is 5.97 Å². The molecule has 0 saturated heterocycles. The number of rotatable bonds is 9. The molecule has 3 rings (SSSR count). The van der Waals surface area contributed by atoms with Crippen molar-refractivity contribution >= 4 is 18.1 Å². The van der Waals surface area contributed by atoms with Crippen molar-refractivity contribution < 1.29 is 18.7 Å². The fourth-order valence-electron chi connectivity index (χ4n) is 2.59. The standard InChI is InChI=1S/C23H23NO4/c1-2-26-23(25)15-11-19-8-12-21(13-9-19)27-16-20-17-28-22(24-20)14-10-18-6-4-3-5-7-18/h3-10,12-14,17H,2,11,15-16H2,1H3. The van der Waals surface area contributed by atoms with Crippen LogP contribution in [0.2, 0.25) is 0 Å². The first-order chi connectivity index (χ1) is 13.7. The summed E-state index contributed by atoms with van der Waals surface area (Å²) in [6.45, 7) is 2.55. The average molecular weight is 377 g/mol. The molecule has 0 radical (unpaired) electrons. The zero-order valence-electron chi connectivity index (χ0n) is 15.8. The quantitative estimate of drug-likeness (QED) is 0.495. The summed E-state index contributed by atoms with van der Waals surface area (Å²) in [5, 5.41) is 0. The molecule has 0 aliphatic rings. The van der Waals surface area contributed by atoms with E-state index in [0.717, 1.165) is 22.6 Å². The van der Waals surface area contributed by atoms with Gasteiger partial charge in [-0.25, -0.2) is 4.98 Å². The minimum atomic E-state index is -0.175. The Morgan fingerprint density at radius 2 is 1.86 bits per heavy atom. The molecule has 0 unspecified atom stereocenters. The number of hydrogen-bond donors (Lipinski definition) is 0. The summed E-state index contributed by atoms with van der Waals surface area (Å²) >= 11 is 0. The molecule has 0 aliphatic heterocycles. The highest BCUT2D eigenvalue weighted by atomic mass is 16.5. The van der Waals surface area contributed by atoms with Gasteiger partial charge in [0.1, 0.15) is 24.3 Å². The predicted molar refractivity (Wildman–Crippen MR) is 108 cm³/mol. The fourth-order valence-corrected chi connectivity index (χ4v) is 2.59. The van der Waals surface area contributed by atoms with Crippen molar-refractivity contribution in [3.05, 3.63) is 83.6 Å². The number of aryl methyl sites for hydroxylation is 1. The topological polar surface area (TPSA) is 61.6 Å². The van der Waals surface area contributed by atoms with E-state index in [1.54, 1.807) is 13.2 Å². The lowest BCUT2D eigenvalue weighted by molar-refractivity contribution is -0.143. The molecule has 5 nitrogen and oxygen atoms in total. The van der Waals surface area contributed by atoms with E-state index < -0.39 is 0 Å². The molecule has 0 aliphatic carbocycles. The van der Waals surface area contributed by atoms with Crippen molar-refractivity contribution in [3.8, 4) is 5.75 Å². The maximum atomic E-state index is 11.4. The lowest BCUT2D eigenvalue weighted by Crippen LogP contribution is -2.05. The molecule has 144 valence electrons. The van der Waals surface area contributed by atoms with Crippen LogP contribution in [0.4, 0.5) is 0 Å². The molecule has 0 atom stereocenters. The van der Waals surface area contributed by atoms with Gasteiger partial charge < -0.3 is 13.9 Å². The Morgan fingerprint density at radius 3 is 2.61 bits per heavy atom. The smallest absolute Gasteiger partial charge is 0.306 e. The normalized spacial score (nSPS) is 10.9. The Morgan fingerprint density at radius 1 is 1.07 bits per heavy atom. The summed E-state index contributed by atoms with van der Waals surface area (Å²) in [7, 11) is 0. The maximum absolute atomic E-state index is 11.4. The van der Waals surface area contributed by atoms with E-state index >= 15 is 0 Å². The Hall–Kier alpha value is -3.34. The third kappa shape index (κ3) is 6.13. The average Bonchev–Trinajstić information content (AvgIpc) is 3.19. The first kappa shape index (κ1) is 19.4. The lowest BCUT2D eigenvalue weighted by Gasteiger charge is -2.06. The Kier molecular flexibility index (Phi) is 7.01. The molecule has 0 N–H and O–H groups in total. The van der Waals surface area contributed by atoms with Crippen molar-refractivity contribution in [2.24, 2.45) is 0 Å². The summed E-state index contributed by atoms with van der Waals surface area (Å²) in [4.78, 5) is 15.8. The Labute approximate surface area is 164 Å². The molecule has 28 heavy (non-hydrogen) atoms. The van der Waals surface area contributed by atoms with E-state index in [0.29, 0.717) is 31.9 Å². The van der Waals surface area contributed by atoms with Gasteiger partial charge in [0.2, 0.25) is 5.89 Å². The van der Waals surface area contributed by atoms with Crippen LogP contribution in [0, 0.1) is 0 Å². The van der Waals surface area contributed by atoms with Crippen LogP contribution in [0.25, 0.3) is 12.2 Å². The van der Waals surface area contributed by atoms with Gasteiger partial charge in [0, 0.05) is 12.5 Å². The highest BCUT2D eigenvalue weighted by Gasteiger charge is 2.05. The molecule has 1 heterocycles. The molecule has 3 aromatic rings. The van der Waals surface area contributed by atoms with Crippen LogP contribution < -0.4 is 4.74 Å². The van der Waals surface area contributed by atoms with E-state index in [1.807, 2.05) is 66.7 Å². The summed E-state index contributed by atoms with van der Waals surface area (Å²) < 4.78 is 16.1. The first-order valence-electron chi connectivity index (χ1n) is 9.28. The van der Waals surface area contributed by atoms with Crippen LogP contribution in [0.3, 0.4) is 0 Å². The van der Waals surface area contributed by atoms with Crippen molar-refractivity contribution in [1.29, 1.82) is 0 Å². The predicted octanol–water partition coefficient (Wildman–Crippen LogP) is 4.92. The highest BCUT2D eigenvalue weighted by Crippen LogP contribution is 2.16. The van der Waals surface area contributed by atoms with Gasteiger partial charge in [0.25, 0.3) is 0 Å². The fraction of sp³-hybridized carbons (Fsp3) is 0.217. The van der Waals surface area contributed by atoms with Crippen LogP contribution in [0.15, 0.2) is 65.3 Å². The van der Waals surface area contributed by atoms with Gasteiger partial charge >= 0.3 is 5.97 Å². The van der Waals surface area contributed by atoms with Crippen molar-refractivity contribution in [3.63, 3.8) is 0 Å². The summed E-state index contributed by atoms with van der Waals surface area (Å²) in [6, 6.07) is 17.6. The highest BCUT2D eigenvalue weighted by molar-refractivity contribution is 5.69. The number of oxazole rings is 1. The van der Waals surface area contributed by atoms with E-state index in [1.165, 1.54) is 0 Å². The number of esters is 1. The number of ether oxygens (including phenoxy) is 2. The second-order valence-electron chi connectivity index (χ2n) is 6.16. The van der Waals surface area contributed by atoms with Gasteiger partial charge in [0.05, 0.1) is 6.61 Å². The number of hydrogen-bond acceptors (Lipinski definition) is 5. The van der Waals surface area contributed by atoms with Gasteiger partial charge in [0.15, 0.2) is 0 Å². The Bertz CT molecular complexity index is 898. The van der Waals surface area contributed by atoms with E-state index in [9.17, 15) is 4.79 Å². The lowest BCUT2D eigenvalue weighted by atomic mass is 10.1. The van der Waals surface area contributed by atoms with Crippen LogP contribution in [0.5, 0.6) is 5.75 Å². The van der Waals surface area contributed by atoms with Gasteiger partial charge in [-0.2, -0.15) is 0 Å². The van der Waals surface area contributed by atoms with Gasteiger partial charge in [-0.1, -0.05) is 42.5 Å². The number of nitrogens with zero attached hydrogens (tertiary/aromatic N) is 1. The zero-order valence-corrected chi connectivity index (χ0v) is 15.8. The summed E-state index contributed by atoms with van der Waals surface area (Å²) in [5.74, 6) is 1.10. The van der Waals surface area contributed by atoms with E-state index in [2.05, 4.69) is 4.98 Å². The molecule has 0 amide bonds. The second kappa shape index (κ2) is 10.1. The number of carbonyl (C=O) groups is 1. The SMILES string of the molecule is CCOC(=O)CCc1ccc(OCc2coc(C=Cc3ccccc3)n2)cc1. The van der Waals surface area contributed by atoms with Gasteiger partial charge in [-0.05, 0) is 42.7 Å². The number of carbonyl (C=O) groups excluding carboxylic acids is 1. The summed E-state index contributed by atoms with van der Waals surface area (Å²) in [5.41, 5.74) is 2.87. The van der Waals surface area contributed by atoms with Crippen LogP contribution in [-0.4, -0.2) is 17.6 Å². The van der Waals surface area contributed by atoms with Crippen LogP contribution in [-0.2, 0) is 22.6 Å². The Balaban J connectivity index is 1.47. The maximum Gasteiger partial charge on any atom is 0.306 e. The minimum absolute atomic E-state index is 0.175. The van der Waals surface area contributed by atoms with E-state index in [4.69, 9.17) is 13.9 Å². The van der Waals surface area contributed by atoms with Crippen LogP contribution >= 0.6 is 0 Å². The van der Waals surface area contributed by atoms with Crippen LogP contribution in [0.1, 0.15) is 36.1 Å². The zero-order chi connectivity index (χ0) is 19.6. The largest absolute Gasteiger partial charge is 0.487 e. The molecule has 0 spiro atoms. The van der Waals surface area contributed by atoms with Crippen molar-refractivity contribution in [1.82, 2.24) is 4.98 Å². The molecular formula is C23H23NO4. The minimum Gasteiger partial charge on any atom is -0.487 e. The molecule has 0 fully saturated rings. The third-order valence-corrected chi connectivity index (χ3v) is 4.02.